The van der Waals surface area contributed by atoms with Crippen molar-refractivity contribution in [1.29, 1.82) is 0 Å². The second-order valence-electron chi connectivity index (χ2n) is 5.73. The lowest BCUT2D eigenvalue weighted by atomic mass is 10.3. The van der Waals surface area contributed by atoms with E-state index in [0.29, 0.717) is 9.90 Å². The molecule has 3 heterocycles. The number of amides is 1. The third kappa shape index (κ3) is 5.43. The summed E-state index contributed by atoms with van der Waals surface area (Å²) in [6.45, 7) is 1.35. The fourth-order valence-electron chi connectivity index (χ4n) is 2.18. The van der Waals surface area contributed by atoms with E-state index in [0.717, 1.165) is 4.68 Å². The van der Waals surface area contributed by atoms with Crippen LogP contribution < -0.4 is 11.1 Å². The van der Waals surface area contributed by atoms with Crippen LogP contribution in [-0.2, 0) is 20.9 Å². The molecule has 0 aliphatic rings. The average molecular weight is 457 g/mol. The second kappa shape index (κ2) is 9.21. The molecule has 9 nitrogen and oxygen atoms in total. The summed E-state index contributed by atoms with van der Waals surface area (Å²) >= 11 is 13.1. The van der Waals surface area contributed by atoms with Crippen molar-refractivity contribution in [3.8, 4) is 10.8 Å². The quantitative estimate of drug-likeness (QED) is 0.542. The molecule has 29 heavy (non-hydrogen) atoms. The predicted octanol–water partition coefficient (Wildman–Crippen LogP) is 3.23. The number of anilines is 1. The van der Waals surface area contributed by atoms with Gasteiger partial charge < -0.3 is 14.5 Å². The van der Waals surface area contributed by atoms with Gasteiger partial charge in [0.05, 0.1) is 27.9 Å². The Hall–Kier alpha value is -2.69. The number of nitrogens with zero attached hydrogens (tertiary/aromatic N) is 3. The van der Waals surface area contributed by atoms with Crippen molar-refractivity contribution >= 4 is 52.2 Å². The van der Waals surface area contributed by atoms with E-state index in [4.69, 9.17) is 32.4 Å². The van der Waals surface area contributed by atoms with E-state index in [-0.39, 0.29) is 29.7 Å². The average Bonchev–Trinajstić information content (AvgIpc) is 3.32. The summed E-state index contributed by atoms with van der Waals surface area (Å²) in [6, 6.07) is 4.98. The Kier molecular flexibility index (Phi) is 6.68. The van der Waals surface area contributed by atoms with Gasteiger partial charge in [-0.15, -0.1) is 16.4 Å². The van der Waals surface area contributed by atoms with Crippen molar-refractivity contribution in [3.05, 3.63) is 50.4 Å². The van der Waals surface area contributed by atoms with Gasteiger partial charge in [-0.3, -0.25) is 9.59 Å². The summed E-state index contributed by atoms with van der Waals surface area (Å²) < 4.78 is 11.2. The van der Waals surface area contributed by atoms with Crippen molar-refractivity contribution in [2.75, 3.05) is 5.32 Å². The number of aromatic nitrogens is 3. The Labute approximate surface area is 178 Å². The second-order valence-corrected chi connectivity index (χ2v) is 7.52. The van der Waals surface area contributed by atoms with Gasteiger partial charge >= 0.3 is 11.7 Å². The molecule has 0 bridgehead atoms. The number of rotatable bonds is 7. The molecule has 0 saturated heterocycles. The van der Waals surface area contributed by atoms with Gasteiger partial charge in [-0.1, -0.05) is 29.3 Å². The van der Waals surface area contributed by atoms with Crippen molar-refractivity contribution in [3.63, 3.8) is 0 Å². The smallest absolute Gasteiger partial charge is 0.437 e. The number of halogens is 2. The highest BCUT2D eigenvalue weighted by Crippen LogP contribution is 2.23. The molecule has 3 aromatic heterocycles. The largest absolute Gasteiger partial charge is 0.452 e. The number of carbonyl (C=O) groups excluding carboxylic acids is 2. The number of nitrogens with one attached hydrogen (secondary N) is 1. The maximum Gasteiger partial charge on any atom is 0.437 e. The number of aryl methyl sites for hydroxylation is 1. The molecule has 0 aromatic carbocycles. The first-order chi connectivity index (χ1) is 13.8. The maximum absolute atomic E-state index is 12.1. The number of thiophene rings is 1. The summed E-state index contributed by atoms with van der Waals surface area (Å²) in [4.78, 5) is 40.6. The lowest BCUT2D eigenvalue weighted by Crippen LogP contribution is -2.31. The number of hydrogen-bond donors (Lipinski definition) is 1. The highest BCUT2D eigenvalue weighted by Gasteiger charge is 2.20. The van der Waals surface area contributed by atoms with Crippen LogP contribution in [0.4, 0.5) is 5.82 Å². The van der Waals surface area contributed by atoms with Crippen LogP contribution >= 0.6 is 34.5 Å². The van der Waals surface area contributed by atoms with Crippen molar-refractivity contribution in [2.24, 2.45) is 0 Å². The van der Waals surface area contributed by atoms with Crippen molar-refractivity contribution in [1.82, 2.24) is 14.8 Å². The first-order valence-corrected chi connectivity index (χ1v) is 9.90. The van der Waals surface area contributed by atoms with Gasteiger partial charge in [-0.25, -0.2) is 9.78 Å². The Bertz CT molecular complexity index is 1080. The van der Waals surface area contributed by atoms with Crippen LogP contribution in [0.5, 0.6) is 0 Å². The summed E-state index contributed by atoms with van der Waals surface area (Å²) in [5.41, 5.74) is 0. The van der Waals surface area contributed by atoms with Crippen LogP contribution in [0.15, 0.2) is 39.0 Å². The Morgan fingerprint density at radius 2 is 2.21 bits per heavy atom. The molecule has 152 valence electrons. The van der Waals surface area contributed by atoms with Crippen molar-refractivity contribution < 1.29 is 18.7 Å². The molecule has 0 radical (unpaired) electrons. The minimum atomic E-state index is -1.10. The van der Waals surface area contributed by atoms with E-state index in [1.807, 2.05) is 5.38 Å². The number of pyridine rings is 1. The molecule has 3 aromatic rings. The van der Waals surface area contributed by atoms with Crippen molar-refractivity contribution in [2.45, 2.75) is 26.0 Å². The van der Waals surface area contributed by atoms with E-state index >= 15 is 0 Å². The molecule has 12 heteroatoms. The summed E-state index contributed by atoms with van der Waals surface area (Å²) in [6.07, 6.45) is 0.0417. The van der Waals surface area contributed by atoms with Gasteiger partial charge in [0.15, 0.2) is 11.9 Å². The predicted molar refractivity (Wildman–Crippen MR) is 107 cm³/mol. The third-order valence-electron chi connectivity index (χ3n) is 3.59. The first-order valence-electron chi connectivity index (χ1n) is 8.26. The van der Waals surface area contributed by atoms with E-state index in [1.54, 1.807) is 12.1 Å². The Balaban J connectivity index is 1.52. The first kappa shape index (κ1) is 21.0. The van der Waals surface area contributed by atoms with E-state index in [9.17, 15) is 14.4 Å². The highest BCUT2D eigenvalue weighted by atomic mass is 35.5. The molecule has 0 aliphatic carbocycles. The zero-order valence-corrected chi connectivity index (χ0v) is 17.3. The fourth-order valence-corrected chi connectivity index (χ4v) is 3.25. The van der Waals surface area contributed by atoms with Crippen LogP contribution in [0.1, 0.15) is 13.3 Å². The number of esters is 1. The minimum absolute atomic E-state index is 0.0501. The maximum atomic E-state index is 12.1. The SMILES string of the molecule is C[C@H](OC(=O)CCn1nc(-c2cccs2)oc1=O)C(=O)Nc1ncc(Cl)cc1Cl. The van der Waals surface area contributed by atoms with Crippen LogP contribution in [0.25, 0.3) is 10.8 Å². The monoisotopic (exact) mass is 456 g/mol. The molecule has 0 unspecified atom stereocenters. The minimum Gasteiger partial charge on any atom is -0.452 e. The Morgan fingerprint density at radius 3 is 2.90 bits per heavy atom. The molecule has 1 amide bonds. The summed E-state index contributed by atoms with van der Waals surface area (Å²) in [5.74, 6) is -1.71. The zero-order chi connectivity index (χ0) is 21.0. The lowest BCUT2D eigenvalue weighted by Gasteiger charge is -2.13. The van der Waals surface area contributed by atoms with Gasteiger partial charge in [-0.2, -0.15) is 4.68 Å². The van der Waals surface area contributed by atoms with E-state index in [2.05, 4.69) is 15.4 Å². The molecular formula is C17H14Cl2N4O5S. The molecule has 0 fully saturated rings. The number of hydrogen-bond acceptors (Lipinski definition) is 8. The Morgan fingerprint density at radius 1 is 1.41 bits per heavy atom. The van der Waals surface area contributed by atoms with Crippen LogP contribution in [0.2, 0.25) is 10.0 Å². The summed E-state index contributed by atoms with van der Waals surface area (Å²) in [5, 5.41) is 8.77. The summed E-state index contributed by atoms with van der Waals surface area (Å²) in [7, 11) is 0. The van der Waals surface area contributed by atoms with Gasteiger partial charge in [0, 0.05) is 6.20 Å². The fraction of sp³-hybridized carbons (Fsp3) is 0.235. The topological polar surface area (TPSA) is 116 Å². The molecule has 0 spiro atoms. The standard InChI is InChI=1S/C17H14Cl2N4O5S/c1-9(15(25)21-14-11(19)7-10(18)8-20-14)27-13(24)4-5-23-17(26)28-16(22-23)12-3-2-6-29-12/h2-3,6-9H,4-5H2,1H3,(H,20,21,25)/t9-/m0/s1. The molecule has 3 rings (SSSR count). The molecule has 0 aliphatic heterocycles. The molecule has 0 saturated carbocycles. The van der Waals surface area contributed by atoms with Gasteiger partial charge in [0.25, 0.3) is 11.8 Å². The molecule has 1 N–H and O–H groups in total. The van der Waals surface area contributed by atoms with Gasteiger partial charge in [0.2, 0.25) is 0 Å². The number of carbonyl (C=O) groups is 2. The van der Waals surface area contributed by atoms with Crippen LogP contribution in [0.3, 0.4) is 0 Å². The van der Waals surface area contributed by atoms with E-state index < -0.39 is 23.7 Å². The molecule has 1 atom stereocenters. The third-order valence-corrected chi connectivity index (χ3v) is 4.95. The highest BCUT2D eigenvalue weighted by molar-refractivity contribution is 7.13. The number of ether oxygens (including phenoxy) is 1. The van der Waals surface area contributed by atoms with Crippen LogP contribution in [0, 0.1) is 0 Å². The van der Waals surface area contributed by atoms with E-state index in [1.165, 1.54) is 30.5 Å². The lowest BCUT2D eigenvalue weighted by molar-refractivity contribution is -0.153. The van der Waals surface area contributed by atoms with Gasteiger partial charge in [-0.05, 0) is 24.4 Å². The zero-order valence-electron chi connectivity index (χ0n) is 14.9. The van der Waals surface area contributed by atoms with Crippen LogP contribution in [-0.4, -0.2) is 32.7 Å². The molecular weight excluding hydrogens is 443 g/mol. The van der Waals surface area contributed by atoms with Gasteiger partial charge in [0.1, 0.15) is 0 Å². The normalized spacial score (nSPS) is 11.8.